The summed E-state index contributed by atoms with van der Waals surface area (Å²) in [6, 6.07) is 0. The maximum absolute atomic E-state index is 12.5. The third-order valence-corrected chi connectivity index (χ3v) is 5.86. The smallest absolute Gasteiger partial charge is 0.248 e. The molecule has 2 aliphatic rings. The van der Waals surface area contributed by atoms with Crippen molar-refractivity contribution in [1.29, 1.82) is 0 Å². The van der Waals surface area contributed by atoms with Gasteiger partial charge in [-0.25, -0.2) is 8.42 Å². The molecule has 1 spiro atoms. The van der Waals surface area contributed by atoms with Crippen molar-refractivity contribution >= 4 is 15.8 Å². The Balaban J connectivity index is 2.52. The molecule has 0 radical (unpaired) electrons. The molecular formula is C12H20N2O3S. The van der Waals surface area contributed by atoms with Crippen molar-refractivity contribution in [2.24, 2.45) is 0 Å². The van der Waals surface area contributed by atoms with E-state index in [4.69, 9.17) is 0 Å². The average molecular weight is 272 g/mol. The summed E-state index contributed by atoms with van der Waals surface area (Å²) < 4.78 is 25.9. The SMILES string of the molecule is CN(C)/C=C1/C(=O)C2(CCCCC2)N(C)S1(=O)=O. The van der Waals surface area contributed by atoms with Crippen LogP contribution in [0, 0.1) is 0 Å². The fourth-order valence-electron chi connectivity index (χ4n) is 2.91. The molecule has 0 bridgehead atoms. The van der Waals surface area contributed by atoms with E-state index in [1.54, 1.807) is 19.0 Å². The highest BCUT2D eigenvalue weighted by Gasteiger charge is 2.57. The Hall–Kier alpha value is -0.880. The van der Waals surface area contributed by atoms with Gasteiger partial charge in [-0.15, -0.1) is 0 Å². The first-order valence-corrected chi connectivity index (χ1v) is 7.68. The Labute approximate surface area is 108 Å². The number of hydrogen-bond donors (Lipinski definition) is 0. The van der Waals surface area contributed by atoms with Crippen LogP contribution < -0.4 is 0 Å². The van der Waals surface area contributed by atoms with Crippen molar-refractivity contribution in [1.82, 2.24) is 9.21 Å². The zero-order valence-corrected chi connectivity index (χ0v) is 12.0. The zero-order chi connectivity index (χ0) is 13.6. The topological polar surface area (TPSA) is 57.7 Å². The van der Waals surface area contributed by atoms with Crippen LogP contribution in [0.3, 0.4) is 0 Å². The summed E-state index contributed by atoms with van der Waals surface area (Å²) in [6.45, 7) is 0. The van der Waals surface area contributed by atoms with Gasteiger partial charge in [-0.3, -0.25) is 4.79 Å². The van der Waals surface area contributed by atoms with Crippen LogP contribution in [0.5, 0.6) is 0 Å². The van der Waals surface area contributed by atoms with Crippen LogP contribution >= 0.6 is 0 Å². The maximum atomic E-state index is 12.5. The third-order valence-electron chi connectivity index (χ3n) is 3.94. The van der Waals surface area contributed by atoms with Gasteiger partial charge in [-0.05, 0) is 12.8 Å². The van der Waals surface area contributed by atoms with Crippen molar-refractivity contribution in [2.75, 3.05) is 21.1 Å². The molecule has 18 heavy (non-hydrogen) atoms. The number of carbonyl (C=O) groups is 1. The summed E-state index contributed by atoms with van der Waals surface area (Å²) in [6.07, 6.45) is 5.63. The number of sulfonamides is 1. The first kappa shape index (κ1) is 13.5. The molecule has 6 heteroatoms. The fraction of sp³-hybridized carbons (Fsp3) is 0.750. The summed E-state index contributed by atoms with van der Waals surface area (Å²) >= 11 is 0. The zero-order valence-electron chi connectivity index (χ0n) is 11.1. The molecule has 0 N–H and O–H groups in total. The van der Waals surface area contributed by atoms with Crippen LogP contribution in [0.1, 0.15) is 32.1 Å². The monoisotopic (exact) mass is 272 g/mol. The number of likely N-dealkylation sites (N-methyl/N-ethyl adjacent to an activating group) is 1. The summed E-state index contributed by atoms with van der Waals surface area (Å²) in [5, 5.41) is 0. The second-order valence-corrected chi connectivity index (χ2v) is 7.29. The second-order valence-electron chi connectivity index (χ2n) is 5.35. The molecule has 5 nitrogen and oxygen atoms in total. The highest BCUT2D eigenvalue weighted by Crippen LogP contribution is 2.44. The number of Topliss-reactive ketones (excluding diaryl/α,β-unsaturated/α-hetero) is 1. The number of rotatable bonds is 1. The van der Waals surface area contributed by atoms with E-state index in [1.165, 1.54) is 17.6 Å². The van der Waals surface area contributed by atoms with Crippen molar-refractivity contribution in [3.05, 3.63) is 11.1 Å². The Bertz CT molecular complexity index is 487. The molecule has 2 rings (SSSR count). The van der Waals surface area contributed by atoms with Crippen molar-refractivity contribution in [3.63, 3.8) is 0 Å². The third kappa shape index (κ3) is 1.78. The van der Waals surface area contributed by atoms with Gasteiger partial charge < -0.3 is 4.90 Å². The van der Waals surface area contributed by atoms with E-state index in [0.717, 1.165) is 19.3 Å². The van der Waals surface area contributed by atoms with Crippen molar-refractivity contribution < 1.29 is 13.2 Å². The minimum Gasteiger partial charge on any atom is -0.382 e. The Morgan fingerprint density at radius 2 is 1.78 bits per heavy atom. The lowest BCUT2D eigenvalue weighted by molar-refractivity contribution is -0.123. The second kappa shape index (κ2) is 4.35. The first-order valence-electron chi connectivity index (χ1n) is 6.24. The van der Waals surface area contributed by atoms with E-state index in [2.05, 4.69) is 0 Å². The molecule has 1 saturated heterocycles. The average Bonchev–Trinajstić information content (AvgIpc) is 2.44. The fourth-order valence-corrected chi connectivity index (χ4v) is 4.69. The molecule has 0 aromatic heterocycles. The van der Waals surface area contributed by atoms with Crippen LogP contribution in [0.15, 0.2) is 11.1 Å². The lowest BCUT2D eigenvalue weighted by atomic mass is 9.78. The molecule has 0 atom stereocenters. The molecule has 1 aliphatic carbocycles. The van der Waals surface area contributed by atoms with E-state index < -0.39 is 15.6 Å². The van der Waals surface area contributed by atoms with Crippen LogP contribution in [-0.4, -0.2) is 50.1 Å². The van der Waals surface area contributed by atoms with Crippen LogP contribution in [-0.2, 0) is 14.8 Å². The Kier molecular flexibility index (Phi) is 3.27. The summed E-state index contributed by atoms with van der Waals surface area (Å²) in [7, 11) is 1.37. The van der Waals surface area contributed by atoms with Gasteiger partial charge in [0, 0.05) is 27.3 Å². The minimum absolute atomic E-state index is 0.0584. The standard InChI is InChI=1S/C12H20N2O3S/c1-13(2)9-10-11(15)12(7-5-4-6-8-12)14(3)18(10,16)17/h9H,4-8H2,1-3H3/b10-9-. The van der Waals surface area contributed by atoms with Gasteiger partial charge in [-0.1, -0.05) is 19.3 Å². The molecule has 1 saturated carbocycles. The predicted octanol–water partition coefficient (Wildman–Crippen LogP) is 0.937. The van der Waals surface area contributed by atoms with Crippen LogP contribution in [0.2, 0.25) is 0 Å². The van der Waals surface area contributed by atoms with Gasteiger partial charge in [0.2, 0.25) is 10.0 Å². The van der Waals surface area contributed by atoms with Gasteiger partial charge in [-0.2, -0.15) is 4.31 Å². The number of carbonyl (C=O) groups excluding carboxylic acids is 1. The van der Waals surface area contributed by atoms with Gasteiger partial charge >= 0.3 is 0 Å². The molecular weight excluding hydrogens is 252 g/mol. The quantitative estimate of drug-likeness (QED) is 0.667. The molecule has 0 amide bonds. The number of hydrogen-bond acceptors (Lipinski definition) is 4. The van der Waals surface area contributed by atoms with Crippen LogP contribution in [0.25, 0.3) is 0 Å². The van der Waals surface area contributed by atoms with E-state index >= 15 is 0 Å². The lowest BCUT2D eigenvalue weighted by Gasteiger charge is -2.35. The molecule has 0 unspecified atom stereocenters. The van der Waals surface area contributed by atoms with E-state index in [0.29, 0.717) is 12.8 Å². The molecule has 1 heterocycles. The highest BCUT2D eigenvalue weighted by molar-refractivity contribution is 7.94. The molecule has 0 aromatic carbocycles. The van der Waals surface area contributed by atoms with Crippen molar-refractivity contribution in [2.45, 2.75) is 37.6 Å². The molecule has 102 valence electrons. The number of ketones is 1. The Morgan fingerprint density at radius 3 is 2.28 bits per heavy atom. The predicted molar refractivity (Wildman–Crippen MR) is 69.3 cm³/mol. The van der Waals surface area contributed by atoms with Gasteiger partial charge in [0.15, 0.2) is 5.78 Å². The van der Waals surface area contributed by atoms with Gasteiger partial charge in [0.25, 0.3) is 0 Å². The molecule has 2 fully saturated rings. The molecule has 1 aliphatic heterocycles. The maximum Gasteiger partial charge on any atom is 0.248 e. The first-order chi connectivity index (χ1) is 8.32. The van der Waals surface area contributed by atoms with E-state index in [-0.39, 0.29) is 10.7 Å². The van der Waals surface area contributed by atoms with E-state index in [1.807, 2.05) is 0 Å². The van der Waals surface area contributed by atoms with Crippen LogP contribution in [0.4, 0.5) is 0 Å². The Morgan fingerprint density at radius 1 is 1.22 bits per heavy atom. The van der Waals surface area contributed by atoms with Crippen molar-refractivity contribution in [3.8, 4) is 0 Å². The van der Waals surface area contributed by atoms with E-state index in [9.17, 15) is 13.2 Å². The largest absolute Gasteiger partial charge is 0.382 e. The summed E-state index contributed by atoms with van der Waals surface area (Å²) in [5.41, 5.74) is -0.807. The van der Waals surface area contributed by atoms with Gasteiger partial charge in [0.1, 0.15) is 4.91 Å². The summed E-state index contributed by atoms with van der Waals surface area (Å²) in [5.74, 6) is -0.224. The summed E-state index contributed by atoms with van der Waals surface area (Å²) in [4.78, 5) is 14.1. The lowest BCUT2D eigenvalue weighted by Crippen LogP contribution is -2.48. The molecule has 0 aromatic rings. The minimum atomic E-state index is -3.61. The normalized spacial score (nSPS) is 29.1. The number of nitrogens with zero attached hydrogens (tertiary/aromatic N) is 2. The highest BCUT2D eigenvalue weighted by atomic mass is 32.2. The van der Waals surface area contributed by atoms with Gasteiger partial charge in [0.05, 0.1) is 5.54 Å².